The molecule has 0 radical (unpaired) electrons. The normalized spacial score (nSPS) is 11.2. The van der Waals surface area contributed by atoms with Crippen LogP contribution in [0.1, 0.15) is 29.9 Å². The lowest BCUT2D eigenvalue weighted by Gasteiger charge is -2.19. The van der Waals surface area contributed by atoms with Crippen molar-refractivity contribution in [2.24, 2.45) is 7.05 Å². The topological polar surface area (TPSA) is 77.0 Å². The Labute approximate surface area is 168 Å². The van der Waals surface area contributed by atoms with Gasteiger partial charge in [0.05, 0.1) is 22.3 Å². The second kappa shape index (κ2) is 7.50. The van der Waals surface area contributed by atoms with E-state index in [1.165, 1.54) is 0 Å². The van der Waals surface area contributed by atoms with Gasteiger partial charge in [-0.15, -0.1) is 0 Å². The Morgan fingerprint density at radius 3 is 2.52 bits per heavy atom. The van der Waals surface area contributed by atoms with Gasteiger partial charge in [0.2, 0.25) is 0 Å². The van der Waals surface area contributed by atoms with Gasteiger partial charge in [-0.05, 0) is 26.8 Å². The van der Waals surface area contributed by atoms with Gasteiger partial charge in [0, 0.05) is 37.5 Å². The molecule has 7 nitrogen and oxygen atoms in total. The maximum absolute atomic E-state index is 13.4. The van der Waals surface area contributed by atoms with Gasteiger partial charge in [0.25, 0.3) is 11.6 Å². The standard InChI is InChI=1S/C22H23N5O2/c1-5-27(6-2)22(28)16-12-18(17-13-26(4)24-14(17)3)23-21-19(16)20(25-29-21)15-10-8-7-9-11-15/h7-13H,5-6H2,1-4H3. The largest absolute Gasteiger partial charge is 0.339 e. The highest BCUT2D eigenvalue weighted by Crippen LogP contribution is 2.33. The summed E-state index contributed by atoms with van der Waals surface area (Å²) < 4.78 is 7.33. The summed E-state index contributed by atoms with van der Waals surface area (Å²) in [5, 5.41) is 9.29. The van der Waals surface area contributed by atoms with Gasteiger partial charge in [-0.1, -0.05) is 35.5 Å². The Hall–Kier alpha value is -3.48. The Morgan fingerprint density at radius 1 is 1.17 bits per heavy atom. The van der Waals surface area contributed by atoms with Crippen LogP contribution < -0.4 is 0 Å². The molecule has 0 spiro atoms. The summed E-state index contributed by atoms with van der Waals surface area (Å²) in [4.78, 5) is 19.8. The smallest absolute Gasteiger partial charge is 0.259 e. The summed E-state index contributed by atoms with van der Waals surface area (Å²) in [7, 11) is 1.86. The number of hydrogen-bond acceptors (Lipinski definition) is 5. The number of rotatable bonds is 5. The van der Waals surface area contributed by atoms with E-state index in [9.17, 15) is 4.79 Å². The van der Waals surface area contributed by atoms with Crippen molar-refractivity contribution in [2.75, 3.05) is 13.1 Å². The number of hydrogen-bond donors (Lipinski definition) is 0. The number of pyridine rings is 1. The number of carbonyl (C=O) groups excluding carboxylic acids is 1. The Bertz CT molecular complexity index is 1170. The molecule has 0 N–H and O–H groups in total. The quantitative estimate of drug-likeness (QED) is 0.514. The zero-order valence-corrected chi connectivity index (χ0v) is 17.0. The molecule has 0 saturated carbocycles. The number of carbonyl (C=O) groups is 1. The first-order chi connectivity index (χ1) is 14.0. The van der Waals surface area contributed by atoms with Crippen LogP contribution in [0.4, 0.5) is 0 Å². The van der Waals surface area contributed by atoms with Crippen molar-refractivity contribution in [3.8, 4) is 22.5 Å². The average Bonchev–Trinajstić information content (AvgIpc) is 3.31. The van der Waals surface area contributed by atoms with E-state index in [1.54, 1.807) is 9.58 Å². The highest BCUT2D eigenvalue weighted by Gasteiger charge is 2.25. The van der Waals surface area contributed by atoms with Crippen molar-refractivity contribution in [2.45, 2.75) is 20.8 Å². The molecular weight excluding hydrogens is 366 g/mol. The van der Waals surface area contributed by atoms with Crippen LogP contribution in [-0.2, 0) is 7.05 Å². The van der Waals surface area contributed by atoms with E-state index >= 15 is 0 Å². The number of aryl methyl sites for hydroxylation is 2. The maximum Gasteiger partial charge on any atom is 0.259 e. The molecule has 0 saturated heterocycles. The Balaban J connectivity index is 1.99. The van der Waals surface area contributed by atoms with Crippen LogP contribution in [0.5, 0.6) is 0 Å². The molecule has 4 aromatic rings. The molecule has 7 heteroatoms. The van der Waals surface area contributed by atoms with Crippen LogP contribution in [0.3, 0.4) is 0 Å². The molecule has 29 heavy (non-hydrogen) atoms. The van der Waals surface area contributed by atoms with Crippen molar-refractivity contribution in [1.29, 1.82) is 0 Å². The predicted molar refractivity (Wildman–Crippen MR) is 111 cm³/mol. The first kappa shape index (κ1) is 18.9. The van der Waals surface area contributed by atoms with E-state index in [2.05, 4.69) is 15.2 Å². The predicted octanol–water partition coefficient (Wildman–Crippen LogP) is 4.08. The molecular formula is C22H23N5O2. The molecule has 4 rings (SSSR count). The number of amides is 1. The van der Waals surface area contributed by atoms with Crippen molar-refractivity contribution >= 4 is 17.0 Å². The second-order valence-corrected chi connectivity index (χ2v) is 6.91. The molecule has 148 valence electrons. The van der Waals surface area contributed by atoms with Crippen LogP contribution in [0.15, 0.2) is 47.1 Å². The Kier molecular flexibility index (Phi) is 4.88. The number of fused-ring (bicyclic) bond motifs is 1. The molecule has 0 aliphatic rings. The van der Waals surface area contributed by atoms with Gasteiger partial charge < -0.3 is 9.42 Å². The number of nitrogens with zero attached hydrogens (tertiary/aromatic N) is 5. The molecule has 0 atom stereocenters. The van der Waals surface area contributed by atoms with E-state index < -0.39 is 0 Å². The summed E-state index contributed by atoms with van der Waals surface area (Å²) in [6.45, 7) is 7.09. The first-order valence-corrected chi connectivity index (χ1v) is 9.69. The molecule has 1 amide bonds. The van der Waals surface area contributed by atoms with Gasteiger partial charge >= 0.3 is 0 Å². The molecule has 3 heterocycles. The zero-order valence-electron chi connectivity index (χ0n) is 17.0. The number of benzene rings is 1. The fourth-order valence-corrected chi connectivity index (χ4v) is 3.58. The van der Waals surface area contributed by atoms with Crippen LogP contribution in [0, 0.1) is 6.92 Å². The van der Waals surface area contributed by atoms with Crippen molar-refractivity contribution in [3.63, 3.8) is 0 Å². The van der Waals surface area contributed by atoms with Gasteiger partial charge in [-0.25, -0.2) is 4.98 Å². The molecule has 3 aromatic heterocycles. The van der Waals surface area contributed by atoms with Crippen molar-refractivity contribution < 1.29 is 9.32 Å². The van der Waals surface area contributed by atoms with Gasteiger partial charge in [0.15, 0.2) is 0 Å². The van der Waals surface area contributed by atoms with E-state index in [1.807, 2.05) is 70.4 Å². The minimum atomic E-state index is -0.0643. The van der Waals surface area contributed by atoms with Crippen LogP contribution in [0.2, 0.25) is 0 Å². The molecule has 0 aliphatic heterocycles. The van der Waals surface area contributed by atoms with Crippen LogP contribution in [-0.4, -0.2) is 43.8 Å². The van der Waals surface area contributed by atoms with Crippen LogP contribution in [0.25, 0.3) is 33.6 Å². The van der Waals surface area contributed by atoms with E-state index in [4.69, 9.17) is 4.52 Å². The summed E-state index contributed by atoms with van der Waals surface area (Å²) in [5.41, 5.74) is 4.74. The van der Waals surface area contributed by atoms with E-state index in [-0.39, 0.29) is 5.91 Å². The molecule has 0 unspecified atom stereocenters. The second-order valence-electron chi connectivity index (χ2n) is 6.91. The molecule has 0 bridgehead atoms. The lowest BCUT2D eigenvalue weighted by atomic mass is 10.0. The fraction of sp³-hybridized carbons (Fsp3) is 0.273. The minimum Gasteiger partial charge on any atom is -0.339 e. The third kappa shape index (κ3) is 3.29. The number of aromatic nitrogens is 4. The summed E-state index contributed by atoms with van der Waals surface area (Å²) in [6, 6.07) is 11.5. The third-order valence-electron chi connectivity index (χ3n) is 5.06. The summed E-state index contributed by atoms with van der Waals surface area (Å²) >= 11 is 0. The summed E-state index contributed by atoms with van der Waals surface area (Å²) in [6.07, 6.45) is 1.89. The van der Waals surface area contributed by atoms with Gasteiger partial charge in [0.1, 0.15) is 5.69 Å². The highest BCUT2D eigenvalue weighted by molar-refractivity contribution is 6.10. The van der Waals surface area contributed by atoms with E-state index in [0.717, 1.165) is 16.8 Å². The van der Waals surface area contributed by atoms with Gasteiger partial charge in [-0.2, -0.15) is 5.10 Å². The van der Waals surface area contributed by atoms with Gasteiger partial charge in [-0.3, -0.25) is 9.48 Å². The average molecular weight is 389 g/mol. The molecule has 0 fully saturated rings. The minimum absolute atomic E-state index is 0.0643. The van der Waals surface area contributed by atoms with Crippen molar-refractivity contribution in [3.05, 3.63) is 53.9 Å². The maximum atomic E-state index is 13.4. The first-order valence-electron chi connectivity index (χ1n) is 9.69. The highest BCUT2D eigenvalue weighted by atomic mass is 16.5. The van der Waals surface area contributed by atoms with Crippen LogP contribution >= 0.6 is 0 Å². The summed E-state index contributed by atoms with van der Waals surface area (Å²) in [5.74, 6) is -0.0643. The zero-order chi connectivity index (χ0) is 20.5. The third-order valence-corrected chi connectivity index (χ3v) is 5.06. The molecule has 1 aromatic carbocycles. The van der Waals surface area contributed by atoms with Crippen molar-refractivity contribution in [1.82, 2.24) is 24.8 Å². The Morgan fingerprint density at radius 2 is 1.90 bits per heavy atom. The monoisotopic (exact) mass is 389 g/mol. The van der Waals surface area contributed by atoms with E-state index in [0.29, 0.717) is 41.1 Å². The fourth-order valence-electron chi connectivity index (χ4n) is 3.58. The lowest BCUT2D eigenvalue weighted by Crippen LogP contribution is -2.30. The molecule has 0 aliphatic carbocycles. The lowest BCUT2D eigenvalue weighted by molar-refractivity contribution is 0.0775. The SMILES string of the molecule is CCN(CC)C(=O)c1cc(-c2cn(C)nc2C)nc2onc(-c3ccccc3)c12.